The summed E-state index contributed by atoms with van der Waals surface area (Å²) in [6.45, 7) is 0.350. The highest BCUT2D eigenvalue weighted by molar-refractivity contribution is 7.91. The predicted molar refractivity (Wildman–Crippen MR) is 71.9 cm³/mol. The number of carbonyl (C=O) groups is 1. The summed E-state index contributed by atoms with van der Waals surface area (Å²) in [4.78, 5) is 11.3. The molecule has 0 saturated carbocycles. The smallest absolute Gasteiger partial charge is 0.321 e. The lowest BCUT2D eigenvalue weighted by Crippen LogP contribution is -2.40. The van der Waals surface area contributed by atoms with Crippen molar-refractivity contribution in [2.24, 2.45) is 0 Å². The monoisotopic (exact) mass is 318 g/mol. The maximum absolute atomic E-state index is 12.0. The average Bonchev–Trinajstić information content (AvgIpc) is 2.87. The standard InChI is InChI=1S/C11H14N2O5S2/c1-18-6-2-3-9(11(14)15)13-20(16,17)10-5-4-8(7-12)19-10/h4-5,9,13H,2-3,6H2,1H3,(H,14,15). The number of methoxy groups -OCH3 is 1. The number of nitriles is 1. The topological polar surface area (TPSA) is 116 Å². The minimum Gasteiger partial charge on any atom is -0.480 e. The number of nitrogens with zero attached hydrogens (tertiary/aromatic N) is 1. The molecule has 1 aromatic heterocycles. The molecule has 2 N–H and O–H groups in total. The van der Waals surface area contributed by atoms with Gasteiger partial charge in [0.1, 0.15) is 21.2 Å². The van der Waals surface area contributed by atoms with Gasteiger partial charge in [-0.3, -0.25) is 4.79 Å². The van der Waals surface area contributed by atoms with Crippen LogP contribution in [0.5, 0.6) is 0 Å². The summed E-state index contributed by atoms with van der Waals surface area (Å²) >= 11 is 0.793. The van der Waals surface area contributed by atoms with Gasteiger partial charge in [0.2, 0.25) is 0 Å². The molecule has 1 unspecified atom stereocenters. The van der Waals surface area contributed by atoms with Gasteiger partial charge in [-0.25, -0.2) is 8.42 Å². The number of thiophene rings is 1. The van der Waals surface area contributed by atoms with Crippen LogP contribution in [0.2, 0.25) is 0 Å². The maximum atomic E-state index is 12.0. The van der Waals surface area contributed by atoms with Gasteiger partial charge in [0.05, 0.1) is 0 Å². The van der Waals surface area contributed by atoms with Crippen molar-refractivity contribution < 1.29 is 23.1 Å². The molecule has 1 aromatic rings. The van der Waals surface area contributed by atoms with Crippen molar-refractivity contribution in [3.63, 3.8) is 0 Å². The predicted octanol–water partition coefficient (Wildman–Crippen LogP) is 0.778. The van der Waals surface area contributed by atoms with Crippen molar-refractivity contribution in [3.05, 3.63) is 17.0 Å². The molecule has 20 heavy (non-hydrogen) atoms. The zero-order valence-corrected chi connectivity index (χ0v) is 12.3. The summed E-state index contributed by atoms with van der Waals surface area (Å²) in [7, 11) is -2.45. The molecule has 0 bridgehead atoms. The summed E-state index contributed by atoms with van der Waals surface area (Å²) in [6, 6.07) is 3.26. The van der Waals surface area contributed by atoms with Gasteiger partial charge in [-0.1, -0.05) is 0 Å². The average molecular weight is 318 g/mol. The Morgan fingerprint density at radius 2 is 2.30 bits per heavy atom. The van der Waals surface area contributed by atoms with Crippen LogP contribution in [0.4, 0.5) is 0 Å². The van der Waals surface area contributed by atoms with E-state index < -0.39 is 22.0 Å². The van der Waals surface area contributed by atoms with Gasteiger partial charge in [-0.15, -0.1) is 11.3 Å². The summed E-state index contributed by atoms with van der Waals surface area (Å²) in [6.07, 6.45) is 0.544. The van der Waals surface area contributed by atoms with Gasteiger partial charge in [0, 0.05) is 13.7 Å². The molecule has 9 heteroatoms. The van der Waals surface area contributed by atoms with E-state index in [9.17, 15) is 13.2 Å². The van der Waals surface area contributed by atoms with E-state index in [1.165, 1.54) is 19.2 Å². The third-order valence-corrected chi connectivity index (χ3v) is 5.35. The van der Waals surface area contributed by atoms with E-state index in [2.05, 4.69) is 4.72 Å². The van der Waals surface area contributed by atoms with Crippen molar-refractivity contribution >= 4 is 27.3 Å². The van der Waals surface area contributed by atoms with Crippen LogP contribution in [0.15, 0.2) is 16.3 Å². The molecular formula is C11H14N2O5S2. The zero-order chi connectivity index (χ0) is 15.2. The molecule has 0 aliphatic rings. The molecule has 110 valence electrons. The fourth-order valence-corrected chi connectivity index (χ4v) is 3.78. The largest absolute Gasteiger partial charge is 0.480 e. The van der Waals surface area contributed by atoms with Crippen LogP contribution in [0.1, 0.15) is 17.7 Å². The Kier molecular flexibility index (Phi) is 6.09. The van der Waals surface area contributed by atoms with Gasteiger partial charge >= 0.3 is 5.97 Å². The fourth-order valence-electron chi connectivity index (χ4n) is 1.43. The molecule has 0 spiro atoms. The molecule has 0 saturated heterocycles. The van der Waals surface area contributed by atoms with E-state index >= 15 is 0 Å². The highest BCUT2D eigenvalue weighted by Gasteiger charge is 2.26. The minimum absolute atomic E-state index is 0.0768. The van der Waals surface area contributed by atoms with E-state index in [0.29, 0.717) is 13.0 Å². The highest BCUT2D eigenvalue weighted by atomic mass is 32.2. The molecule has 0 amide bonds. The second-order valence-electron chi connectivity index (χ2n) is 3.88. The first-order valence-electron chi connectivity index (χ1n) is 5.64. The third-order valence-electron chi connectivity index (χ3n) is 2.39. The first kappa shape index (κ1) is 16.6. The van der Waals surface area contributed by atoms with Crippen LogP contribution >= 0.6 is 11.3 Å². The number of ether oxygens (including phenoxy) is 1. The van der Waals surface area contributed by atoms with Crippen molar-refractivity contribution in [2.45, 2.75) is 23.1 Å². The molecule has 1 heterocycles. The van der Waals surface area contributed by atoms with E-state index in [0.717, 1.165) is 11.3 Å². The SMILES string of the molecule is COCCCC(NS(=O)(=O)c1ccc(C#N)s1)C(=O)O. The lowest BCUT2D eigenvalue weighted by Gasteiger charge is -2.13. The summed E-state index contributed by atoms with van der Waals surface area (Å²) in [5.41, 5.74) is 0. The Hall–Kier alpha value is -1.47. The number of sulfonamides is 1. The van der Waals surface area contributed by atoms with Crippen LogP contribution in [0, 0.1) is 11.3 Å². The van der Waals surface area contributed by atoms with E-state index in [1.807, 2.05) is 6.07 Å². The summed E-state index contributed by atoms with van der Waals surface area (Å²) in [5.74, 6) is -1.25. The molecular weight excluding hydrogens is 304 g/mol. The lowest BCUT2D eigenvalue weighted by atomic mass is 10.2. The second-order valence-corrected chi connectivity index (χ2v) is 6.90. The molecule has 7 nitrogen and oxygen atoms in total. The number of carboxylic acid groups (broad SMARTS) is 1. The Balaban J connectivity index is 2.81. The number of hydrogen-bond acceptors (Lipinski definition) is 6. The molecule has 0 fully saturated rings. The number of hydrogen-bond donors (Lipinski definition) is 2. The molecule has 0 aliphatic carbocycles. The fraction of sp³-hybridized carbons (Fsp3) is 0.455. The quantitative estimate of drug-likeness (QED) is 0.684. The van der Waals surface area contributed by atoms with Crippen LogP contribution < -0.4 is 4.72 Å². The Bertz CT molecular complexity index is 603. The van der Waals surface area contributed by atoms with Crippen molar-refractivity contribution in [3.8, 4) is 6.07 Å². The summed E-state index contributed by atoms with van der Waals surface area (Å²) in [5, 5.41) is 17.7. The highest BCUT2D eigenvalue weighted by Crippen LogP contribution is 2.21. The normalized spacial score (nSPS) is 12.8. The van der Waals surface area contributed by atoms with E-state index in [-0.39, 0.29) is 15.5 Å². The molecule has 0 aliphatic heterocycles. The Labute approximate surface area is 120 Å². The van der Waals surface area contributed by atoms with Crippen molar-refractivity contribution in [1.29, 1.82) is 5.26 Å². The first-order chi connectivity index (χ1) is 9.40. The number of nitrogens with one attached hydrogen (secondary N) is 1. The van der Waals surface area contributed by atoms with Crippen molar-refractivity contribution in [2.75, 3.05) is 13.7 Å². The van der Waals surface area contributed by atoms with Gasteiger partial charge in [-0.2, -0.15) is 9.98 Å². The number of aliphatic carboxylic acids is 1. The van der Waals surface area contributed by atoms with Crippen LogP contribution in [-0.4, -0.2) is 39.3 Å². The Morgan fingerprint density at radius 1 is 1.60 bits per heavy atom. The number of carboxylic acids is 1. The van der Waals surface area contributed by atoms with Crippen molar-refractivity contribution in [1.82, 2.24) is 4.72 Å². The molecule has 1 rings (SSSR count). The zero-order valence-electron chi connectivity index (χ0n) is 10.7. The maximum Gasteiger partial charge on any atom is 0.321 e. The van der Waals surface area contributed by atoms with Gasteiger partial charge in [-0.05, 0) is 25.0 Å². The van der Waals surface area contributed by atoms with E-state index in [1.54, 1.807) is 0 Å². The van der Waals surface area contributed by atoms with Crippen LogP contribution in [0.25, 0.3) is 0 Å². The molecule has 1 atom stereocenters. The van der Waals surface area contributed by atoms with E-state index in [4.69, 9.17) is 15.1 Å². The van der Waals surface area contributed by atoms with Gasteiger partial charge in [0.25, 0.3) is 10.0 Å². The minimum atomic E-state index is -3.94. The number of rotatable bonds is 8. The lowest BCUT2D eigenvalue weighted by molar-refractivity contribution is -0.139. The molecule has 0 aromatic carbocycles. The van der Waals surface area contributed by atoms with Crippen LogP contribution in [-0.2, 0) is 19.6 Å². The molecule has 0 radical (unpaired) electrons. The first-order valence-corrected chi connectivity index (χ1v) is 7.94. The third kappa shape index (κ3) is 4.57. The second kappa shape index (κ2) is 7.35. The Morgan fingerprint density at radius 3 is 2.80 bits per heavy atom. The van der Waals surface area contributed by atoms with Gasteiger partial charge < -0.3 is 9.84 Å². The van der Waals surface area contributed by atoms with Crippen LogP contribution in [0.3, 0.4) is 0 Å². The van der Waals surface area contributed by atoms with Gasteiger partial charge in [0.15, 0.2) is 0 Å². The summed E-state index contributed by atoms with van der Waals surface area (Å²) < 4.78 is 30.9.